The van der Waals surface area contributed by atoms with E-state index in [1.807, 2.05) is 20.0 Å². The van der Waals surface area contributed by atoms with E-state index < -0.39 is 6.36 Å². The number of ether oxygens (including phenoxy) is 1. The summed E-state index contributed by atoms with van der Waals surface area (Å²) in [6, 6.07) is 5.99. The number of benzene rings is 1. The summed E-state index contributed by atoms with van der Waals surface area (Å²) in [5, 5.41) is 7.25. The molecule has 0 radical (unpaired) electrons. The molecule has 0 spiro atoms. The molecule has 0 saturated carbocycles. The molecule has 0 fully saturated rings. The molecule has 0 aliphatic rings. The van der Waals surface area contributed by atoms with Gasteiger partial charge in [-0.3, -0.25) is 0 Å². The molecule has 1 aromatic carbocycles. The van der Waals surface area contributed by atoms with E-state index in [0.29, 0.717) is 24.6 Å². The quantitative estimate of drug-likeness (QED) is 0.563. The van der Waals surface area contributed by atoms with Crippen LogP contribution in [-0.2, 0) is 13.0 Å². The Morgan fingerprint density at radius 1 is 1.27 bits per heavy atom. The summed E-state index contributed by atoms with van der Waals surface area (Å²) in [4.78, 5) is 9.79. The van der Waals surface area contributed by atoms with Crippen molar-refractivity contribution in [3.8, 4) is 5.75 Å². The molecule has 5 nitrogen and oxygen atoms in total. The maximum atomic E-state index is 12.5. The minimum absolute atomic E-state index is 0.0674. The van der Waals surface area contributed by atoms with Crippen molar-refractivity contribution >= 4 is 17.3 Å². The third-order valence-electron chi connectivity index (χ3n) is 3.25. The molecule has 0 unspecified atom stereocenters. The van der Waals surface area contributed by atoms with Gasteiger partial charge in [-0.05, 0) is 19.9 Å². The first-order valence-corrected chi connectivity index (χ1v) is 8.96. The molecule has 9 heteroatoms. The molecular formula is C17H21F3N4OS. The molecular weight excluding hydrogens is 365 g/mol. The van der Waals surface area contributed by atoms with E-state index >= 15 is 0 Å². The number of alkyl halides is 3. The van der Waals surface area contributed by atoms with Crippen molar-refractivity contribution < 1.29 is 17.9 Å². The Hall–Kier alpha value is -2.29. The minimum Gasteiger partial charge on any atom is -0.405 e. The van der Waals surface area contributed by atoms with Crippen LogP contribution in [0.3, 0.4) is 0 Å². The molecule has 2 rings (SSSR count). The topological polar surface area (TPSA) is 58.5 Å². The largest absolute Gasteiger partial charge is 0.573 e. The summed E-state index contributed by atoms with van der Waals surface area (Å²) in [6.45, 7) is 5.25. The van der Waals surface area contributed by atoms with Crippen LogP contribution in [0, 0.1) is 6.92 Å². The lowest BCUT2D eigenvalue weighted by molar-refractivity contribution is -0.274. The molecule has 1 aromatic heterocycles. The van der Waals surface area contributed by atoms with Crippen LogP contribution < -0.4 is 15.4 Å². The SMILES string of the molecule is CCNC(=NCc1ccccc1OC(F)(F)F)NCCc1ncc(C)s1. The summed E-state index contributed by atoms with van der Waals surface area (Å²) in [6.07, 6.45) is -2.15. The minimum atomic E-state index is -4.73. The first-order valence-electron chi connectivity index (χ1n) is 8.14. The van der Waals surface area contributed by atoms with Gasteiger partial charge in [0.1, 0.15) is 5.75 Å². The third-order valence-corrected chi connectivity index (χ3v) is 4.22. The fourth-order valence-corrected chi connectivity index (χ4v) is 2.96. The number of guanidine groups is 1. The van der Waals surface area contributed by atoms with Crippen LogP contribution in [-0.4, -0.2) is 30.4 Å². The number of rotatable bonds is 7. The summed E-state index contributed by atoms with van der Waals surface area (Å²) in [5.41, 5.74) is 0.359. The van der Waals surface area contributed by atoms with Gasteiger partial charge in [0.15, 0.2) is 5.96 Å². The number of para-hydroxylation sites is 1. The Kier molecular flexibility index (Phi) is 7.26. The number of aromatic nitrogens is 1. The van der Waals surface area contributed by atoms with Gasteiger partial charge in [-0.2, -0.15) is 0 Å². The number of hydrogen-bond acceptors (Lipinski definition) is 4. The van der Waals surface area contributed by atoms with Gasteiger partial charge in [0, 0.05) is 36.1 Å². The molecule has 0 atom stereocenters. The Balaban J connectivity index is 1.97. The van der Waals surface area contributed by atoms with Gasteiger partial charge >= 0.3 is 6.36 Å². The first kappa shape index (κ1) is 20.0. The Labute approximate surface area is 154 Å². The highest BCUT2D eigenvalue weighted by Gasteiger charge is 2.31. The van der Waals surface area contributed by atoms with Gasteiger partial charge in [0.25, 0.3) is 0 Å². The highest BCUT2D eigenvalue weighted by molar-refractivity contribution is 7.11. The fourth-order valence-electron chi connectivity index (χ4n) is 2.17. The van der Waals surface area contributed by atoms with Gasteiger partial charge in [0.05, 0.1) is 11.6 Å². The monoisotopic (exact) mass is 386 g/mol. The lowest BCUT2D eigenvalue weighted by atomic mass is 10.2. The van der Waals surface area contributed by atoms with Crippen molar-refractivity contribution in [2.45, 2.75) is 33.2 Å². The number of halogens is 3. The molecule has 0 aliphatic carbocycles. The summed E-state index contributed by atoms with van der Waals surface area (Å²) >= 11 is 1.64. The molecule has 2 N–H and O–H groups in total. The average Bonchev–Trinajstić information content (AvgIpc) is 2.98. The molecule has 142 valence electrons. The van der Waals surface area contributed by atoms with Crippen molar-refractivity contribution in [3.05, 3.63) is 45.9 Å². The van der Waals surface area contributed by atoms with Gasteiger partial charge in [-0.25, -0.2) is 9.98 Å². The second-order valence-corrected chi connectivity index (χ2v) is 6.71. The number of nitrogens with one attached hydrogen (secondary N) is 2. The smallest absolute Gasteiger partial charge is 0.405 e. The van der Waals surface area contributed by atoms with Gasteiger partial charge in [-0.15, -0.1) is 24.5 Å². The van der Waals surface area contributed by atoms with Crippen molar-refractivity contribution in [1.29, 1.82) is 0 Å². The van der Waals surface area contributed by atoms with Crippen LogP contribution in [0.2, 0.25) is 0 Å². The second-order valence-electron chi connectivity index (χ2n) is 5.39. The van der Waals surface area contributed by atoms with Gasteiger partial charge in [-0.1, -0.05) is 18.2 Å². The Bertz CT molecular complexity index is 731. The van der Waals surface area contributed by atoms with Crippen LogP contribution in [0.25, 0.3) is 0 Å². The van der Waals surface area contributed by atoms with Crippen molar-refractivity contribution in [3.63, 3.8) is 0 Å². The molecule has 1 heterocycles. The van der Waals surface area contributed by atoms with Gasteiger partial charge in [0.2, 0.25) is 0 Å². The first-order chi connectivity index (χ1) is 12.4. The molecule has 2 aromatic rings. The van der Waals surface area contributed by atoms with Crippen molar-refractivity contribution in [2.24, 2.45) is 4.99 Å². The number of aliphatic imine (C=N–C) groups is 1. The van der Waals surface area contributed by atoms with Crippen molar-refractivity contribution in [2.75, 3.05) is 13.1 Å². The van der Waals surface area contributed by atoms with E-state index in [1.54, 1.807) is 23.5 Å². The zero-order valence-corrected chi connectivity index (χ0v) is 15.4. The van der Waals surface area contributed by atoms with Gasteiger partial charge < -0.3 is 15.4 Å². The highest BCUT2D eigenvalue weighted by Crippen LogP contribution is 2.26. The summed E-state index contributed by atoms with van der Waals surface area (Å²) in [5.74, 6) is 0.292. The van der Waals surface area contributed by atoms with Crippen LogP contribution in [0.1, 0.15) is 22.4 Å². The van der Waals surface area contributed by atoms with E-state index in [9.17, 15) is 13.2 Å². The normalized spacial score (nSPS) is 12.1. The number of thiazole rings is 1. The van der Waals surface area contributed by atoms with E-state index in [4.69, 9.17) is 0 Å². The van der Waals surface area contributed by atoms with Crippen LogP contribution >= 0.6 is 11.3 Å². The third kappa shape index (κ3) is 6.91. The maximum absolute atomic E-state index is 12.5. The highest BCUT2D eigenvalue weighted by atomic mass is 32.1. The van der Waals surface area contributed by atoms with Crippen LogP contribution in [0.5, 0.6) is 5.75 Å². The molecule has 26 heavy (non-hydrogen) atoms. The Morgan fingerprint density at radius 2 is 2.04 bits per heavy atom. The van der Waals surface area contributed by atoms with E-state index in [0.717, 1.165) is 16.3 Å². The summed E-state index contributed by atoms with van der Waals surface area (Å²) in [7, 11) is 0. The van der Waals surface area contributed by atoms with E-state index in [2.05, 4.69) is 25.3 Å². The van der Waals surface area contributed by atoms with Crippen LogP contribution in [0.15, 0.2) is 35.5 Å². The second kappa shape index (κ2) is 9.42. The zero-order chi connectivity index (χ0) is 19.0. The predicted molar refractivity (Wildman–Crippen MR) is 96.5 cm³/mol. The molecule has 0 saturated heterocycles. The standard InChI is InChI=1S/C17H21F3N4OS/c1-3-21-16(22-9-8-15-23-10-12(2)26-15)24-11-13-6-4-5-7-14(13)25-17(18,19)20/h4-7,10H,3,8-9,11H2,1-2H3,(H2,21,22,24). The number of hydrogen-bond donors (Lipinski definition) is 2. The number of nitrogens with zero attached hydrogens (tertiary/aromatic N) is 2. The van der Waals surface area contributed by atoms with Crippen molar-refractivity contribution in [1.82, 2.24) is 15.6 Å². The molecule has 0 aliphatic heterocycles. The Morgan fingerprint density at radius 3 is 2.69 bits per heavy atom. The fraction of sp³-hybridized carbons (Fsp3) is 0.412. The molecule has 0 bridgehead atoms. The summed E-state index contributed by atoms with van der Waals surface area (Å²) < 4.78 is 41.5. The maximum Gasteiger partial charge on any atom is 0.573 e. The number of aryl methyl sites for hydroxylation is 1. The molecule has 0 amide bonds. The van der Waals surface area contributed by atoms with Crippen LogP contribution in [0.4, 0.5) is 13.2 Å². The average molecular weight is 386 g/mol. The van der Waals surface area contributed by atoms with E-state index in [-0.39, 0.29) is 12.3 Å². The van der Waals surface area contributed by atoms with E-state index in [1.165, 1.54) is 12.1 Å². The predicted octanol–water partition coefficient (Wildman–Crippen LogP) is 3.65. The zero-order valence-electron chi connectivity index (χ0n) is 14.6. The lowest BCUT2D eigenvalue weighted by Crippen LogP contribution is -2.38. The lowest BCUT2D eigenvalue weighted by Gasteiger charge is -2.13.